The van der Waals surface area contributed by atoms with Crippen molar-refractivity contribution in [3.05, 3.63) is 33.5 Å². The van der Waals surface area contributed by atoms with Gasteiger partial charge < -0.3 is 9.47 Å². The van der Waals surface area contributed by atoms with Gasteiger partial charge in [-0.1, -0.05) is 13.3 Å². The molecule has 128 valence electrons. The van der Waals surface area contributed by atoms with E-state index in [9.17, 15) is 4.79 Å². The summed E-state index contributed by atoms with van der Waals surface area (Å²) in [6, 6.07) is 2.16. The maximum Gasteiger partial charge on any atom is 0.264 e. The quantitative estimate of drug-likeness (QED) is 0.855. The number of hydrogen-bond donors (Lipinski definition) is 0. The monoisotopic (exact) mass is 344 g/mol. The van der Waals surface area contributed by atoms with Crippen molar-refractivity contribution in [1.82, 2.24) is 19.7 Å². The van der Waals surface area contributed by atoms with E-state index in [-0.39, 0.29) is 11.9 Å². The van der Waals surface area contributed by atoms with Crippen LogP contribution in [0.4, 0.5) is 0 Å². The van der Waals surface area contributed by atoms with Crippen LogP contribution in [0, 0.1) is 0 Å². The summed E-state index contributed by atoms with van der Waals surface area (Å²) in [5.41, 5.74) is 1.16. The molecule has 1 amide bonds. The minimum atomic E-state index is 0.0867. The molecular formula is C18H24N4OS. The van der Waals surface area contributed by atoms with E-state index < -0.39 is 0 Å². The second kappa shape index (κ2) is 6.67. The fourth-order valence-corrected chi connectivity index (χ4v) is 4.91. The van der Waals surface area contributed by atoms with Gasteiger partial charge in [0.15, 0.2) is 5.82 Å². The van der Waals surface area contributed by atoms with E-state index in [1.807, 2.05) is 10.3 Å². The number of likely N-dealkylation sites (tertiary alicyclic amines) is 1. The molecule has 6 heteroatoms. The lowest BCUT2D eigenvalue weighted by atomic mass is 10.1. The Balaban J connectivity index is 1.64. The van der Waals surface area contributed by atoms with E-state index in [0.29, 0.717) is 0 Å². The Morgan fingerprint density at radius 2 is 2.17 bits per heavy atom. The molecule has 0 saturated carbocycles. The van der Waals surface area contributed by atoms with Crippen LogP contribution in [0.1, 0.15) is 72.0 Å². The third-order valence-electron chi connectivity index (χ3n) is 5.27. The highest BCUT2D eigenvalue weighted by molar-refractivity contribution is 7.12. The van der Waals surface area contributed by atoms with Gasteiger partial charge in [-0.15, -0.1) is 21.5 Å². The third-order valence-corrected chi connectivity index (χ3v) is 6.22. The van der Waals surface area contributed by atoms with Crippen LogP contribution in [0.2, 0.25) is 0 Å². The Labute approximate surface area is 146 Å². The van der Waals surface area contributed by atoms with Gasteiger partial charge in [0.1, 0.15) is 5.82 Å². The molecule has 0 radical (unpaired) electrons. The number of aryl methyl sites for hydroxylation is 2. The van der Waals surface area contributed by atoms with Crippen LogP contribution in [0.3, 0.4) is 0 Å². The number of rotatable bonds is 3. The molecule has 2 aromatic rings. The van der Waals surface area contributed by atoms with Gasteiger partial charge in [-0.2, -0.15) is 0 Å². The predicted molar refractivity (Wildman–Crippen MR) is 94.3 cm³/mol. The predicted octanol–water partition coefficient (Wildman–Crippen LogP) is 3.61. The first-order valence-corrected chi connectivity index (χ1v) is 9.97. The number of thiophene rings is 1. The number of hydrogen-bond acceptors (Lipinski definition) is 4. The van der Waals surface area contributed by atoms with Crippen LogP contribution in [-0.2, 0) is 19.4 Å². The lowest BCUT2D eigenvalue weighted by Gasteiger charge is -2.24. The molecule has 1 atom stereocenters. The maximum absolute atomic E-state index is 13.1. The van der Waals surface area contributed by atoms with Gasteiger partial charge in [-0.3, -0.25) is 4.79 Å². The summed E-state index contributed by atoms with van der Waals surface area (Å²) >= 11 is 1.57. The van der Waals surface area contributed by atoms with E-state index >= 15 is 0 Å². The smallest absolute Gasteiger partial charge is 0.264 e. The molecule has 24 heavy (non-hydrogen) atoms. The van der Waals surface area contributed by atoms with Gasteiger partial charge in [-0.25, -0.2) is 0 Å². The van der Waals surface area contributed by atoms with Gasteiger partial charge in [-0.05, 0) is 49.1 Å². The van der Waals surface area contributed by atoms with Crippen molar-refractivity contribution in [3.63, 3.8) is 0 Å². The van der Waals surface area contributed by atoms with Crippen LogP contribution >= 0.6 is 11.3 Å². The molecule has 1 saturated heterocycles. The van der Waals surface area contributed by atoms with Crippen molar-refractivity contribution in [2.45, 2.75) is 64.5 Å². The molecule has 0 unspecified atom stereocenters. The lowest BCUT2D eigenvalue weighted by Crippen LogP contribution is -2.32. The Morgan fingerprint density at radius 1 is 1.25 bits per heavy atom. The van der Waals surface area contributed by atoms with Gasteiger partial charge in [0.25, 0.3) is 5.91 Å². The zero-order valence-corrected chi connectivity index (χ0v) is 15.0. The molecule has 4 heterocycles. The molecular weight excluding hydrogens is 320 g/mol. The molecule has 0 aromatic carbocycles. The molecule has 0 aliphatic carbocycles. The average molecular weight is 344 g/mol. The summed E-state index contributed by atoms with van der Waals surface area (Å²) in [5.74, 6) is 2.29. The second-order valence-corrected chi connectivity index (χ2v) is 7.64. The van der Waals surface area contributed by atoms with Crippen molar-refractivity contribution in [3.8, 4) is 0 Å². The summed E-state index contributed by atoms with van der Waals surface area (Å²) in [4.78, 5) is 16.0. The minimum Gasteiger partial charge on any atom is -0.328 e. The van der Waals surface area contributed by atoms with Crippen molar-refractivity contribution in [2.75, 3.05) is 6.54 Å². The highest BCUT2D eigenvalue weighted by Crippen LogP contribution is 2.34. The van der Waals surface area contributed by atoms with Gasteiger partial charge >= 0.3 is 0 Å². The van der Waals surface area contributed by atoms with Gasteiger partial charge in [0.2, 0.25) is 0 Å². The van der Waals surface area contributed by atoms with Gasteiger partial charge in [0.05, 0.1) is 10.9 Å². The van der Waals surface area contributed by atoms with E-state index in [1.165, 1.54) is 19.3 Å². The molecule has 0 spiro atoms. The standard InChI is InChI=1S/C18H24N4OS/c1-2-13-9-12-24-16(13)18(23)21-11-6-7-14(21)17-20-19-15-8-4-3-5-10-22(15)17/h9,12,14H,2-8,10-11H2,1H3/t14-/m0/s1. The molecule has 2 aliphatic heterocycles. The van der Waals surface area contributed by atoms with E-state index in [1.54, 1.807) is 11.3 Å². The van der Waals surface area contributed by atoms with Crippen LogP contribution in [0.25, 0.3) is 0 Å². The SMILES string of the molecule is CCc1ccsc1C(=O)N1CCC[C@H]1c1nnc2n1CCCCC2. The van der Waals surface area contributed by atoms with Crippen molar-refractivity contribution in [1.29, 1.82) is 0 Å². The molecule has 1 fully saturated rings. The topological polar surface area (TPSA) is 51.0 Å². The van der Waals surface area contributed by atoms with Crippen LogP contribution in [-0.4, -0.2) is 32.1 Å². The number of amides is 1. The number of aromatic nitrogens is 3. The fourth-order valence-electron chi connectivity index (χ4n) is 3.96. The van der Waals surface area contributed by atoms with Crippen LogP contribution in [0.15, 0.2) is 11.4 Å². The largest absolute Gasteiger partial charge is 0.328 e. The van der Waals surface area contributed by atoms with Gasteiger partial charge in [0, 0.05) is 19.5 Å². The number of carbonyl (C=O) groups excluding carboxylic acids is 1. The zero-order chi connectivity index (χ0) is 16.5. The molecule has 0 bridgehead atoms. The summed E-state index contributed by atoms with van der Waals surface area (Å²) in [7, 11) is 0. The number of nitrogens with zero attached hydrogens (tertiary/aromatic N) is 4. The summed E-state index contributed by atoms with van der Waals surface area (Å²) in [6.45, 7) is 3.93. The first-order chi connectivity index (χ1) is 11.8. The third kappa shape index (κ3) is 2.66. The summed E-state index contributed by atoms with van der Waals surface area (Å²) in [6.07, 6.45) is 7.60. The van der Waals surface area contributed by atoms with E-state index in [2.05, 4.69) is 27.8 Å². The Morgan fingerprint density at radius 3 is 3.04 bits per heavy atom. The first kappa shape index (κ1) is 15.8. The second-order valence-electron chi connectivity index (χ2n) is 6.72. The minimum absolute atomic E-state index is 0.0867. The number of fused-ring (bicyclic) bond motifs is 1. The maximum atomic E-state index is 13.1. The zero-order valence-electron chi connectivity index (χ0n) is 14.2. The Hall–Kier alpha value is -1.69. The van der Waals surface area contributed by atoms with Crippen LogP contribution in [0.5, 0.6) is 0 Å². The summed E-state index contributed by atoms with van der Waals surface area (Å²) in [5, 5.41) is 11.0. The highest BCUT2D eigenvalue weighted by Gasteiger charge is 2.35. The molecule has 5 nitrogen and oxygen atoms in total. The van der Waals surface area contributed by atoms with Crippen molar-refractivity contribution >= 4 is 17.2 Å². The summed E-state index contributed by atoms with van der Waals surface area (Å²) < 4.78 is 2.29. The normalized spacial score (nSPS) is 20.9. The fraction of sp³-hybridized carbons (Fsp3) is 0.611. The van der Waals surface area contributed by atoms with E-state index in [4.69, 9.17) is 0 Å². The van der Waals surface area contributed by atoms with E-state index in [0.717, 1.165) is 60.9 Å². The van der Waals surface area contributed by atoms with Crippen molar-refractivity contribution < 1.29 is 4.79 Å². The molecule has 4 rings (SSSR count). The molecule has 0 N–H and O–H groups in total. The Bertz CT molecular complexity index is 735. The lowest BCUT2D eigenvalue weighted by molar-refractivity contribution is 0.0731. The molecule has 2 aromatic heterocycles. The van der Waals surface area contributed by atoms with Crippen molar-refractivity contribution in [2.24, 2.45) is 0 Å². The average Bonchev–Trinajstić information content (AvgIpc) is 3.30. The first-order valence-electron chi connectivity index (χ1n) is 9.09. The Kier molecular flexibility index (Phi) is 4.39. The van der Waals surface area contributed by atoms with Crippen LogP contribution < -0.4 is 0 Å². The molecule has 2 aliphatic rings. The number of carbonyl (C=O) groups is 1. The highest BCUT2D eigenvalue weighted by atomic mass is 32.1.